The van der Waals surface area contributed by atoms with Gasteiger partial charge >= 0.3 is 6.61 Å². The topological polar surface area (TPSA) is 61.8 Å². The second-order valence-electron chi connectivity index (χ2n) is 4.82. The van der Waals surface area contributed by atoms with Gasteiger partial charge in [0.05, 0.1) is 6.10 Å². The molecule has 5 nitrogen and oxygen atoms in total. The van der Waals surface area contributed by atoms with Crippen molar-refractivity contribution in [3.05, 3.63) is 29.8 Å². The summed E-state index contributed by atoms with van der Waals surface area (Å²) in [7, 11) is 3.72. The Balaban J connectivity index is 2.48. The highest BCUT2D eigenvalue weighted by molar-refractivity contribution is 5.76. The first-order chi connectivity index (χ1) is 9.88. The number of aliphatic hydroxyl groups excluding tert-OH is 1. The van der Waals surface area contributed by atoms with Crippen molar-refractivity contribution < 1.29 is 23.4 Å². The highest BCUT2D eigenvalue weighted by Gasteiger charge is 2.12. The first-order valence-corrected chi connectivity index (χ1v) is 6.52. The largest absolute Gasteiger partial charge is 0.435 e. The molecule has 118 valence electrons. The zero-order chi connectivity index (χ0) is 15.8. The summed E-state index contributed by atoms with van der Waals surface area (Å²) in [6, 6.07) is 5.78. The number of nitrogens with one attached hydrogen (secondary N) is 1. The zero-order valence-corrected chi connectivity index (χ0v) is 12.1. The van der Waals surface area contributed by atoms with E-state index in [1.54, 1.807) is 6.07 Å². The van der Waals surface area contributed by atoms with Crippen LogP contribution < -0.4 is 10.1 Å². The van der Waals surface area contributed by atoms with E-state index in [2.05, 4.69) is 10.1 Å². The van der Waals surface area contributed by atoms with E-state index in [1.165, 1.54) is 18.2 Å². The van der Waals surface area contributed by atoms with Crippen molar-refractivity contribution in [2.75, 3.05) is 27.2 Å². The molecule has 1 unspecified atom stereocenters. The lowest BCUT2D eigenvalue weighted by molar-refractivity contribution is -0.121. The zero-order valence-electron chi connectivity index (χ0n) is 12.1. The maximum absolute atomic E-state index is 12.1. The van der Waals surface area contributed by atoms with Crippen molar-refractivity contribution in [2.45, 2.75) is 19.1 Å². The van der Waals surface area contributed by atoms with Crippen LogP contribution in [0.2, 0.25) is 0 Å². The average molecular weight is 302 g/mol. The van der Waals surface area contributed by atoms with Crippen molar-refractivity contribution in [3.63, 3.8) is 0 Å². The molecule has 1 amide bonds. The Kier molecular flexibility index (Phi) is 7.04. The van der Waals surface area contributed by atoms with Gasteiger partial charge in [0.2, 0.25) is 5.91 Å². The number of hydrogen-bond donors (Lipinski definition) is 2. The van der Waals surface area contributed by atoms with E-state index in [0.717, 1.165) is 0 Å². The molecular formula is C14H20F2N2O3. The fourth-order valence-corrected chi connectivity index (χ4v) is 1.64. The SMILES string of the molecule is CN(C)CCC(=O)NCC(O)c1cccc(OC(F)F)c1. The first-order valence-electron chi connectivity index (χ1n) is 6.52. The molecule has 0 spiro atoms. The molecule has 1 rings (SSSR count). The van der Waals surface area contributed by atoms with Crippen molar-refractivity contribution in [2.24, 2.45) is 0 Å². The lowest BCUT2D eigenvalue weighted by atomic mass is 10.1. The Bertz CT molecular complexity index is 456. The van der Waals surface area contributed by atoms with Gasteiger partial charge in [-0.15, -0.1) is 0 Å². The second-order valence-corrected chi connectivity index (χ2v) is 4.82. The predicted molar refractivity (Wildman–Crippen MR) is 74.2 cm³/mol. The normalized spacial score (nSPS) is 12.5. The Morgan fingerprint density at radius 2 is 2.14 bits per heavy atom. The van der Waals surface area contributed by atoms with Crippen LogP contribution in [0.3, 0.4) is 0 Å². The highest BCUT2D eigenvalue weighted by atomic mass is 19.3. The summed E-state index contributed by atoms with van der Waals surface area (Å²) < 4.78 is 28.5. The van der Waals surface area contributed by atoms with Crippen LogP contribution in [-0.4, -0.2) is 49.7 Å². The van der Waals surface area contributed by atoms with Gasteiger partial charge in [0.1, 0.15) is 5.75 Å². The Morgan fingerprint density at radius 1 is 1.43 bits per heavy atom. The lowest BCUT2D eigenvalue weighted by Crippen LogP contribution is -2.30. The summed E-state index contributed by atoms with van der Waals surface area (Å²) in [5.74, 6) is -0.205. The van der Waals surface area contributed by atoms with Crippen molar-refractivity contribution >= 4 is 5.91 Å². The van der Waals surface area contributed by atoms with Crippen LogP contribution in [0.15, 0.2) is 24.3 Å². The molecule has 0 saturated carbocycles. The van der Waals surface area contributed by atoms with Gasteiger partial charge in [0.25, 0.3) is 0 Å². The lowest BCUT2D eigenvalue weighted by Gasteiger charge is -2.14. The molecule has 0 aliphatic rings. The van der Waals surface area contributed by atoms with Crippen molar-refractivity contribution in [1.29, 1.82) is 0 Å². The van der Waals surface area contributed by atoms with Crippen LogP contribution in [0.1, 0.15) is 18.1 Å². The molecule has 1 atom stereocenters. The number of carbonyl (C=O) groups is 1. The molecule has 0 radical (unpaired) electrons. The maximum Gasteiger partial charge on any atom is 0.387 e. The molecule has 0 bridgehead atoms. The van der Waals surface area contributed by atoms with E-state index in [9.17, 15) is 18.7 Å². The van der Waals surface area contributed by atoms with Crippen LogP contribution in [0.5, 0.6) is 5.75 Å². The van der Waals surface area contributed by atoms with E-state index in [0.29, 0.717) is 18.5 Å². The van der Waals surface area contributed by atoms with Gasteiger partial charge in [-0.3, -0.25) is 4.79 Å². The Hall–Kier alpha value is -1.73. The highest BCUT2D eigenvalue weighted by Crippen LogP contribution is 2.20. The third-order valence-corrected chi connectivity index (χ3v) is 2.75. The number of carbonyl (C=O) groups excluding carboxylic acids is 1. The molecule has 0 aliphatic carbocycles. The van der Waals surface area contributed by atoms with Gasteiger partial charge in [-0.25, -0.2) is 0 Å². The predicted octanol–water partition coefficient (Wildman–Crippen LogP) is 1.39. The molecule has 0 aliphatic heterocycles. The number of aliphatic hydroxyl groups is 1. The number of rotatable bonds is 8. The minimum Gasteiger partial charge on any atom is -0.435 e. The van der Waals surface area contributed by atoms with E-state index >= 15 is 0 Å². The van der Waals surface area contributed by atoms with E-state index in [-0.39, 0.29) is 18.2 Å². The van der Waals surface area contributed by atoms with Gasteiger partial charge in [-0.1, -0.05) is 12.1 Å². The molecule has 0 saturated heterocycles. The maximum atomic E-state index is 12.1. The van der Waals surface area contributed by atoms with Gasteiger partial charge < -0.3 is 20.1 Å². The Labute approximate surface area is 122 Å². The molecule has 1 aromatic rings. The van der Waals surface area contributed by atoms with Crippen molar-refractivity contribution in [3.8, 4) is 5.75 Å². The van der Waals surface area contributed by atoms with Gasteiger partial charge in [-0.2, -0.15) is 8.78 Å². The van der Waals surface area contributed by atoms with Gasteiger partial charge in [0, 0.05) is 19.5 Å². The summed E-state index contributed by atoms with van der Waals surface area (Å²) in [6.07, 6.45) is -0.650. The standard InChI is InChI=1S/C14H20F2N2O3/c1-18(2)7-6-13(20)17-9-12(19)10-4-3-5-11(8-10)21-14(15)16/h3-5,8,12,14,19H,6-7,9H2,1-2H3,(H,17,20). The number of amides is 1. The Morgan fingerprint density at radius 3 is 2.76 bits per heavy atom. The number of ether oxygens (including phenoxy) is 1. The quantitative estimate of drug-likeness (QED) is 0.762. The molecule has 0 aromatic heterocycles. The smallest absolute Gasteiger partial charge is 0.387 e. The molecule has 2 N–H and O–H groups in total. The van der Waals surface area contributed by atoms with E-state index < -0.39 is 12.7 Å². The number of nitrogens with zero attached hydrogens (tertiary/aromatic N) is 1. The van der Waals surface area contributed by atoms with E-state index in [4.69, 9.17) is 0 Å². The number of alkyl halides is 2. The fraction of sp³-hybridized carbons (Fsp3) is 0.500. The van der Waals surface area contributed by atoms with Crippen LogP contribution >= 0.6 is 0 Å². The van der Waals surface area contributed by atoms with Crippen molar-refractivity contribution in [1.82, 2.24) is 10.2 Å². The minimum atomic E-state index is -2.91. The van der Waals surface area contributed by atoms with Crippen LogP contribution in [-0.2, 0) is 4.79 Å². The molecule has 7 heteroatoms. The van der Waals surface area contributed by atoms with Crippen LogP contribution in [0.25, 0.3) is 0 Å². The first kappa shape index (κ1) is 17.3. The summed E-state index contributed by atoms with van der Waals surface area (Å²) in [5, 5.41) is 12.5. The van der Waals surface area contributed by atoms with E-state index in [1.807, 2.05) is 19.0 Å². The third kappa shape index (κ3) is 7.01. The summed E-state index contributed by atoms with van der Waals surface area (Å²) in [6.45, 7) is -2.28. The molecular weight excluding hydrogens is 282 g/mol. The molecule has 0 fully saturated rings. The molecule has 0 heterocycles. The van der Waals surface area contributed by atoms with Gasteiger partial charge in [0.15, 0.2) is 0 Å². The molecule has 1 aromatic carbocycles. The molecule has 21 heavy (non-hydrogen) atoms. The second kappa shape index (κ2) is 8.53. The fourth-order valence-electron chi connectivity index (χ4n) is 1.64. The van der Waals surface area contributed by atoms with Gasteiger partial charge in [-0.05, 0) is 31.8 Å². The van der Waals surface area contributed by atoms with Crippen LogP contribution in [0.4, 0.5) is 8.78 Å². The third-order valence-electron chi connectivity index (χ3n) is 2.75. The number of halogens is 2. The summed E-state index contributed by atoms with van der Waals surface area (Å²) in [5.41, 5.74) is 0.404. The summed E-state index contributed by atoms with van der Waals surface area (Å²) >= 11 is 0. The monoisotopic (exact) mass is 302 g/mol. The average Bonchev–Trinajstić information content (AvgIpc) is 2.42. The number of benzene rings is 1. The van der Waals surface area contributed by atoms with Crippen LogP contribution in [0, 0.1) is 0 Å². The summed E-state index contributed by atoms with van der Waals surface area (Å²) in [4.78, 5) is 13.4. The number of hydrogen-bond acceptors (Lipinski definition) is 4. The minimum absolute atomic E-state index is 0.0182.